The van der Waals surface area contributed by atoms with Gasteiger partial charge in [-0.3, -0.25) is 4.90 Å². The molecule has 2 aromatic rings. The first kappa shape index (κ1) is 15.8. The van der Waals surface area contributed by atoms with E-state index < -0.39 is 0 Å². The normalized spacial score (nSPS) is 11.3. The van der Waals surface area contributed by atoms with Crippen LogP contribution in [-0.2, 0) is 13.1 Å². The molecule has 2 rings (SSSR count). The Morgan fingerprint density at radius 3 is 2.33 bits per heavy atom. The van der Waals surface area contributed by atoms with Crippen molar-refractivity contribution in [3.8, 4) is 0 Å². The van der Waals surface area contributed by atoms with Crippen molar-refractivity contribution in [2.24, 2.45) is 0 Å². The maximum absolute atomic E-state index is 13.9. The van der Waals surface area contributed by atoms with E-state index in [2.05, 4.69) is 18.7 Å². The van der Waals surface area contributed by atoms with Crippen molar-refractivity contribution in [1.29, 1.82) is 0 Å². The zero-order valence-electron chi connectivity index (χ0n) is 12.3. The summed E-state index contributed by atoms with van der Waals surface area (Å²) in [4.78, 5) is 2.21. The van der Waals surface area contributed by atoms with Gasteiger partial charge in [-0.05, 0) is 43.7 Å². The number of nitrogens with two attached hydrogens (primary N) is 1. The molecule has 0 spiro atoms. The molecule has 0 saturated carbocycles. The fraction of sp³-hybridized carbons (Fsp3) is 0.294. The Labute approximate surface area is 130 Å². The van der Waals surface area contributed by atoms with Crippen molar-refractivity contribution in [3.05, 3.63) is 64.4 Å². The molecule has 0 amide bonds. The predicted molar refractivity (Wildman–Crippen MR) is 86.6 cm³/mol. The molecule has 0 atom stereocenters. The summed E-state index contributed by atoms with van der Waals surface area (Å²) in [7, 11) is 0. The molecular formula is C17H20ClFN2. The maximum Gasteiger partial charge on any atom is 0.129 e. The van der Waals surface area contributed by atoms with Crippen LogP contribution in [0.2, 0.25) is 5.02 Å². The summed E-state index contributed by atoms with van der Waals surface area (Å²) in [6, 6.07) is 12.9. The van der Waals surface area contributed by atoms with E-state index >= 15 is 0 Å². The second-order valence-corrected chi connectivity index (χ2v) is 5.91. The first-order valence-corrected chi connectivity index (χ1v) is 7.36. The molecule has 0 fully saturated rings. The molecule has 4 heteroatoms. The Bertz CT molecular complexity index is 596. The minimum Gasteiger partial charge on any atom is -0.399 e. The fourth-order valence-electron chi connectivity index (χ4n) is 2.15. The third-order valence-electron chi connectivity index (χ3n) is 3.48. The second kappa shape index (κ2) is 6.92. The van der Waals surface area contributed by atoms with Gasteiger partial charge in [0.25, 0.3) is 0 Å². The van der Waals surface area contributed by atoms with Crippen molar-refractivity contribution in [1.82, 2.24) is 4.90 Å². The van der Waals surface area contributed by atoms with Gasteiger partial charge in [-0.25, -0.2) is 4.39 Å². The number of anilines is 1. The lowest BCUT2D eigenvalue weighted by Crippen LogP contribution is -2.30. The highest BCUT2D eigenvalue weighted by Gasteiger charge is 2.13. The summed E-state index contributed by atoms with van der Waals surface area (Å²) in [5.74, 6) is -0.259. The van der Waals surface area contributed by atoms with Gasteiger partial charge in [-0.1, -0.05) is 29.8 Å². The van der Waals surface area contributed by atoms with Gasteiger partial charge in [0.05, 0.1) is 0 Å². The zero-order chi connectivity index (χ0) is 15.4. The Morgan fingerprint density at radius 2 is 1.76 bits per heavy atom. The Kier molecular flexibility index (Phi) is 5.21. The number of rotatable bonds is 5. The van der Waals surface area contributed by atoms with Crippen LogP contribution in [0.1, 0.15) is 25.0 Å². The van der Waals surface area contributed by atoms with Crippen LogP contribution in [0.25, 0.3) is 0 Å². The fourth-order valence-corrected chi connectivity index (χ4v) is 2.31. The average molecular weight is 307 g/mol. The molecule has 2 aromatic carbocycles. The minimum atomic E-state index is -0.259. The third kappa shape index (κ3) is 4.45. The highest BCUT2D eigenvalue weighted by atomic mass is 35.5. The van der Waals surface area contributed by atoms with Crippen LogP contribution in [0, 0.1) is 5.82 Å². The molecule has 0 radical (unpaired) electrons. The van der Waals surface area contributed by atoms with Gasteiger partial charge >= 0.3 is 0 Å². The Morgan fingerprint density at radius 1 is 1.10 bits per heavy atom. The van der Waals surface area contributed by atoms with Crippen LogP contribution in [0.5, 0.6) is 0 Å². The number of nitrogens with zero attached hydrogens (tertiary/aromatic N) is 1. The highest BCUT2D eigenvalue weighted by molar-refractivity contribution is 6.30. The molecule has 112 valence electrons. The quantitative estimate of drug-likeness (QED) is 0.826. The van der Waals surface area contributed by atoms with E-state index in [0.717, 1.165) is 17.8 Å². The number of benzene rings is 2. The second-order valence-electron chi connectivity index (χ2n) is 5.48. The Balaban J connectivity index is 2.13. The minimum absolute atomic E-state index is 0.259. The SMILES string of the molecule is CC(C)N(Cc1ccc(N)cc1)Cc1ccc(Cl)cc1F. The van der Waals surface area contributed by atoms with Crippen molar-refractivity contribution < 1.29 is 4.39 Å². The lowest BCUT2D eigenvalue weighted by molar-refractivity contribution is 0.201. The lowest BCUT2D eigenvalue weighted by Gasteiger charge is -2.27. The number of nitrogen functional groups attached to an aromatic ring is 1. The average Bonchev–Trinajstić information content (AvgIpc) is 2.43. The molecule has 0 aliphatic carbocycles. The van der Waals surface area contributed by atoms with E-state index in [-0.39, 0.29) is 5.82 Å². The number of hydrogen-bond donors (Lipinski definition) is 1. The smallest absolute Gasteiger partial charge is 0.129 e. The number of halogens is 2. The van der Waals surface area contributed by atoms with Crippen molar-refractivity contribution in [2.45, 2.75) is 33.0 Å². The molecular weight excluding hydrogens is 287 g/mol. The van der Waals surface area contributed by atoms with Gasteiger partial charge in [0.15, 0.2) is 0 Å². The van der Waals surface area contributed by atoms with E-state index in [0.29, 0.717) is 23.2 Å². The standard InChI is InChI=1S/C17H20ClFN2/c1-12(2)21(10-13-3-7-16(20)8-4-13)11-14-5-6-15(18)9-17(14)19/h3-9,12H,10-11,20H2,1-2H3. The summed E-state index contributed by atoms with van der Waals surface area (Å²) in [5.41, 5.74) is 8.26. The molecule has 21 heavy (non-hydrogen) atoms. The molecule has 0 saturated heterocycles. The topological polar surface area (TPSA) is 29.3 Å². The Hall–Kier alpha value is -1.58. The highest BCUT2D eigenvalue weighted by Crippen LogP contribution is 2.19. The van der Waals surface area contributed by atoms with Crippen LogP contribution >= 0.6 is 11.6 Å². The van der Waals surface area contributed by atoms with Gasteiger partial charge in [0.2, 0.25) is 0 Å². The molecule has 0 unspecified atom stereocenters. The maximum atomic E-state index is 13.9. The van der Waals surface area contributed by atoms with Crippen molar-refractivity contribution >= 4 is 17.3 Å². The van der Waals surface area contributed by atoms with Crippen LogP contribution < -0.4 is 5.73 Å². The van der Waals surface area contributed by atoms with Gasteiger partial charge in [-0.15, -0.1) is 0 Å². The summed E-state index contributed by atoms with van der Waals surface area (Å²) in [6.07, 6.45) is 0. The number of hydrogen-bond acceptors (Lipinski definition) is 2. The summed E-state index contributed by atoms with van der Waals surface area (Å²) in [5, 5.41) is 0.422. The first-order valence-electron chi connectivity index (χ1n) is 6.98. The van der Waals surface area contributed by atoms with E-state index in [1.54, 1.807) is 12.1 Å². The molecule has 2 N–H and O–H groups in total. The van der Waals surface area contributed by atoms with Gasteiger partial charge < -0.3 is 5.73 Å². The third-order valence-corrected chi connectivity index (χ3v) is 3.72. The van der Waals surface area contributed by atoms with Crippen LogP contribution in [0.4, 0.5) is 10.1 Å². The summed E-state index contributed by atoms with van der Waals surface area (Å²) in [6.45, 7) is 5.50. The zero-order valence-corrected chi connectivity index (χ0v) is 13.1. The van der Waals surface area contributed by atoms with Crippen molar-refractivity contribution in [2.75, 3.05) is 5.73 Å². The van der Waals surface area contributed by atoms with Crippen LogP contribution in [0.3, 0.4) is 0 Å². The molecule has 0 heterocycles. The van der Waals surface area contributed by atoms with E-state index in [9.17, 15) is 4.39 Å². The van der Waals surface area contributed by atoms with Gasteiger partial charge in [-0.2, -0.15) is 0 Å². The summed E-state index contributed by atoms with van der Waals surface area (Å²) < 4.78 is 13.9. The molecule has 0 bridgehead atoms. The molecule has 0 aliphatic rings. The molecule has 0 aromatic heterocycles. The molecule has 0 aliphatic heterocycles. The van der Waals surface area contributed by atoms with E-state index in [1.807, 2.05) is 24.3 Å². The monoisotopic (exact) mass is 306 g/mol. The van der Waals surface area contributed by atoms with Gasteiger partial charge in [0, 0.05) is 35.4 Å². The van der Waals surface area contributed by atoms with E-state index in [1.165, 1.54) is 6.07 Å². The van der Waals surface area contributed by atoms with Crippen molar-refractivity contribution in [3.63, 3.8) is 0 Å². The lowest BCUT2D eigenvalue weighted by atomic mass is 10.1. The largest absolute Gasteiger partial charge is 0.399 e. The summed E-state index contributed by atoms with van der Waals surface area (Å²) >= 11 is 5.80. The molecule has 2 nitrogen and oxygen atoms in total. The van der Waals surface area contributed by atoms with Gasteiger partial charge in [0.1, 0.15) is 5.82 Å². The van der Waals surface area contributed by atoms with Crippen LogP contribution in [-0.4, -0.2) is 10.9 Å². The first-order chi connectivity index (χ1) is 9.95. The predicted octanol–water partition coefficient (Wildman–Crippen LogP) is 4.47. The van der Waals surface area contributed by atoms with E-state index in [4.69, 9.17) is 17.3 Å². The van der Waals surface area contributed by atoms with Crippen LogP contribution in [0.15, 0.2) is 42.5 Å².